The van der Waals surface area contributed by atoms with Gasteiger partial charge in [0.1, 0.15) is 0 Å². The Labute approximate surface area is 137 Å². The minimum Gasteiger partial charge on any atom is -0.341 e. The number of nitrogens with zero attached hydrogens (tertiary/aromatic N) is 1. The number of carbonyl (C=O) groups is 1. The molecule has 23 heavy (non-hydrogen) atoms. The number of likely N-dealkylation sites (N-methyl/N-ethyl adjacent to an activating group) is 1. The van der Waals surface area contributed by atoms with E-state index in [1.54, 1.807) is 37.4 Å². The molecule has 0 heterocycles. The fourth-order valence-electron chi connectivity index (χ4n) is 2.16. The first-order chi connectivity index (χ1) is 10.8. The van der Waals surface area contributed by atoms with Gasteiger partial charge < -0.3 is 4.90 Å². The average Bonchev–Trinajstić information content (AvgIpc) is 2.46. The highest BCUT2D eigenvalue weighted by molar-refractivity contribution is 6.30. The summed E-state index contributed by atoms with van der Waals surface area (Å²) in [5.74, 6) is -0.190. The number of alkyl halides is 3. The van der Waals surface area contributed by atoms with Gasteiger partial charge >= 0.3 is 6.18 Å². The van der Waals surface area contributed by atoms with Crippen LogP contribution in [0.15, 0.2) is 48.5 Å². The van der Waals surface area contributed by atoms with Crippen LogP contribution < -0.4 is 0 Å². The number of hydrogen-bond acceptors (Lipinski definition) is 1. The molecule has 0 bridgehead atoms. The molecule has 0 unspecified atom stereocenters. The Morgan fingerprint density at radius 2 is 1.74 bits per heavy atom. The molecule has 122 valence electrons. The van der Waals surface area contributed by atoms with Crippen LogP contribution in [0, 0.1) is 0 Å². The maximum atomic E-state index is 12.7. The zero-order valence-corrected chi connectivity index (χ0v) is 13.2. The van der Waals surface area contributed by atoms with Gasteiger partial charge in [-0.1, -0.05) is 35.9 Å². The number of amides is 1. The van der Waals surface area contributed by atoms with Crippen LogP contribution in [0.2, 0.25) is 5.02 Å². The molecule has 2 aromatic rings. The quantitative estimate of drug-likeness (QED) is 0.798. The van der Waals surface area contributed by atoms with Crippen molar-refractivity contribution in [3.63, 3.8) is 0 Å². The maximum Gasteiger partial charge on any atom is 0.416 e. The van der Waals surface area contributed by atoms with Crippen LogP contribution in [0.4, 0.5) is 13.2 Å². The molecule has 0 aliphatic heterocycles. The number of rotatable bonds is 4. The monoisotopic (exact) mass is 341 g/mol. The standard InChI is InChI=1S/C17H15ClF3NO/c1-22(16(23)10-12-4-3-7-15(18)9-12)11-13-5-2-6-14(8-13)17(19,20)21/h2-9H,10-11H2,1H3. The summed E-state index contributed by atoms with van der Waals surface area (Å²) in [7, 11) is 1.56. The molecule has 0 aromatic heterocycles. The Bertz CT molecular complexity index is 700. The van der Waals surface area contributed by atoms with E-state index in [4.69, 9.17) is 11.6 Å². The third kappa shape index (κ3) is 4.99. The van der Waals surface area contributed by atoms with Gasteiger partial charge in [-0.3, -0.25) is 4.79 Å². The molecular formula is C17H15ClF3NO. The van der Waals surface area contributed by atoms with Gasteiger partial charge in [-0.05, 0) is 35.4 Å². The van der Waals surface area contributed by atoms with Crippen LogP contribution >= 0.6 is 11.6 Å². The third-order valence-electron chi connectivity index (χ3n) is 3.34. The van der Waals surface area contributed by atoms with Crippen molar-refractivity contribution in [1.82, 2.24) is 4.90 Å². The van der Waals surface area contributed by atoms with E-state index in [1.165, 1.54) is 11.0 Å². The van der Waals surface area contributed by atoms with Crippen molar-refractivity contribution in [2.75, 3.05) is 7.05 Å². The lowest BCUT2D eigenvalue weighted by Crippen LogP contribution is -2.27. The van der Waals surface area contributed by atoms with E-state index >= 15 is 0 Å². The molecule has 0 saturated carbocycles. The van der Waals surface area contributed by atoms with Crippen LogP contribution in [-0.4, -0.2) is 17.9 Å². The Hall–Kier alpha value is -2.01. The highest BCUT2D eigenvalue weighted by Gasteiger charge is 2.30. The molecule has 0 aliphatic carbocycles. The molecule has 0 N–H and O–H groups in total. The normalized spacial score (nSPS) is 11.3. The second kappa shape index (κ2) is 7.04. The summed E-state index contributed by atoms with van der Waals surface area (Å²) in [5, 5.41) is 0.538. The van der Waals surface area contributed by atoms with Crippen molar-refractivity contribution >= 4 is 17.5 Å². The summed E-state index contributed by atoms with van der Waals surface area (Å²) in [6.45, 7) is 0.114. The average molecular weight is 342 g/mol. The fourth-order valence-corrected chi connectivity index (χ4v) is 2.38. The predicted molar refractivity (Wildman–Crippen MR) is 83.1 cm³/mol. The Balaban J connectivity index is 2.04. The van der Waals surface area contributed by atoms with Crippen molar-refractivity contribution in [2.45, 2.75) is 19.1 Å². The lowest BCUT2D eigenvalue weighted by molar-refractivity contribution is -0.137. The predicted octanol–water partition coefficient (Wildman–Crippen LogP) is 4.56. The van der Waals surface area contributed by atoms with Crippen molar-refractivity contribution in [3.05, 3.63) is 70.2 Å². The summed E-state index contributed by atoms with van der Waals surface area (Å²) < 4.78 is 38.1. The minimum absolute atomic E-state index is 0.114. The lowest BCUT2D eigenvalue weighted by atomic mass is 10.1. The molecule has 2 nitrogen and oxygen atoms in total. The van der Waals surface area contributed by atoms with E-state index in [1.807, 2.05) is 0 Å². The van der Waals surface area contributed by atoms with Crippen molar-refractivity contribution in [1.29, 1.82) is 0 Å². The van der Waals surface area contributed by atoms with Crippen LogP contribution in [0.5, 0.6) is 0 Å². The Morgan fingerprint density at radius 1 is 1.09 bits per heavy atom. The summed E-state index contributed by atoms with van der Waals surface area (Å²) in [6, 6.07) is 11.9. The molecule has 0 atom stereocenters. The van der Waals surface area contributed by atoms with Gasteiger partial charge in [-0.25, -0.2) is 0 Å². The largest absolute Gasteiger partial charge is 0.416 e. The molecule has 2 rings (SSSR count). The van der Waals surface area contributed by atoms with Gasteiger partial charge in [0.15, 0.2) is 0 Å². The molecule has 0 radical (unpaired) electrons. The summed E-state index contributed by atoms with van der Waals surface area (Å²) in [6.07, 6.45) is -4.24. The van der Waals surface area contributed by atoms with E-state index in [-0.39, 0.29) is 18.9 Å². The second-order valence-electron chi connectivity index (χ2n) is 5.25. The Kier molecular flexibility index (Phi) is 5.31. The zero-order chi connectivity index (χ0) is 17.0. The number of carbonyl (C=O) groups excluding carboxylic acids is 1. The molecule has 0 spiro atoms. The molecule has 0 aliphatic rings. The van der Waals surface area contributed by atoms with Crippen LogP contribution in [0.1, 0.15) is 16.7 Å². The summed E-state index contributed by atoms with van der Waals surface area (Å²) in [5.41, 5.74) is 0.478. The number of hydrogen-bond donors (Lipinski definition) is 0. The van der Waals surface area contributed by atoms with E-state index < -0.39 is 11.7 Å². The second-order valence-corrected chi connectivity index (χ2v) is 5.69. The van der Waals surface area contributed by atoms with E-state index in [9.17, 15) is 18.0 Å². The highest BCUT2D eigenvalue weighted by Crippen LogP contribution is 2.29. The van der Waals surface area contributed by atoms with Crippen LogP contribution in [0.25, 0.3) is 0 Å². The van der Waals surface area contributed by atoms with Gasteiger partial charge in [-0.2, -0.15) is 13.2 Å². The van der Waals surface area contributed by atoms with Gasteiger partial charge in [0.2, 0.25) is 5.91 Å². The van der Waals surface area contributed by atoms with Crippen molar-refractivity contribution in [2.24, 2.45) is 0 Å². The lowest BCUT2D eigenvalue weighted by Gasteiger charge is -2.18. The van der Waals surface area contributed by atoms with Crippen LogP contribution in [-0.2, 0) is 23.9 Å². The molecule has 1 amide bonds. The summed E-state index contributed by atoms with van der Waals surface area (Å²) >= 11 is 5.87. The summed E-state index contributed by atoms with van der Waals surface area (Å²) in [4.78, 5) is 13.6. The van der Waals surface area contributed by atoms with Gasteiger partial charge in [-0.15, -0.1) is 0 Å². The first-order valence-electron chi connectivity index (χ1n) is 6.90. The van der Waals surface area contributed by atoms with E-state index in [2.05, 4.69) is 0 Å². The van der Waals surface area contributed by atoms with Crippen molar-refractivity contribution < 1.29 is 18.0 Å². The number of benzene rings is 2. The van der Waals surface area contributed by atoms with Crippen molar-refractivity contribution in [3.8, 4) is 0 Å². The number of halogens is 4. The van der Waals surface area contributed by atoms with E-state index in [0.717, 1.165) is 17.7 Å². The zero-order valence-electron chi connectivity index (χ0n) is 12.4. The maximum absolute atomic E-state index is 12.7. The van der Waals surface area contributed by atoms with Crippen LogP contribution in [0.3, 0.4) is 0 Å². The molecular weight excluding hydrogens is 327 g/mol. The molecule has 0 fully saturated rings. The molecule has 0 saturated heterocycles. The van der Waals surface area contributed by atoms with Gasteiger partial charge in [0.25, 0.3) is 0 Å². The minimum atomic E-state index is -4.39. The third-order valence-corrected chi connectivity index (χ3v) is 3.58. The smallest absolute Gasteiger partial charge is 0.341 e. The first kappa shape index (κ1) is 17.3. The van der Waals surface area contributed by atoms with E-state index in [0.29, 0.717) is 10.6 Å². The highest BCUT2D eigenvalue weighted by atomic mass is 35.5. The van der Waals surface area contributed by atoms with Gasteiger partial charge in [0, 0.05) is 18.6 Å². The SMILES string of the molecule is CN(Cc1cccc(C(F)(F)F)c1)C(=O)Cc1cccc(Cl)c1. The first-order valence-corrected chi connectivity index (χ1v) is 7.28. The molecule has 2 aromatic carbocycles. The fraction of sp³-hybridized carbons (Fsp3) is 0.235. The Morgan fingerprint density at radius 3 is 2.39 bits per heavy atom. The van der Waals surface area contributed by atoms with Gasteiger partial charge in [0.05, 0.1) is 12.0 Å². The molecule has 6 heteroatoms. The topological polar surface area (TPSA) is 20.3 Å².